The Morgan fingerprint density at radius 1 is 1.32 bits per heavy atom. The lowest BCUT2D eigenvalue weighted by molar-refractivity contribution is 0.991. The Labute approximate surface area is 126 Å². The zero-order valence-electron chi connectivity index (χ0n) is 11.1. The molecule has 1 aromatic carbocycles. The Kier molecular flexibility index (Phi) is 4.42. The first-order valence-corrected chi connectivity index (χ1v) is 7.24. The van der Waals surface area contributed by atoms with Gasteiger partial charge in [0.05, 0.1) is 10.2 Å². The Hall–Kier alpha value is -1.13. The molecule has 0 spiro atoms. The lowest BCUT2D eigenvalue weighted by Gasteiger charge is -2.10. The Morgan fingerprint density at radius 3 is 2.63 bits per heavy atom. The molecule has 2 aromatic rings. The fraction of sp³-hybridized carbons (Fsp3) is 0.286. The average molecular weight is 341 g/mol. The van der Waals surface area contributed by atoms with Crippen molar-refractivity contribution in [2.24, 2.45) is 0 Å². The van der Waals surface area contributed by atoms with Gasteiger partial charge < -0.3 is 5.32 Å². The minimum Gasteiger partial charge on any atom is -0.372 e. The number of halogens is 2. The van der Waals surface area contributed by atoms with Gasteiger partial charge in [0.2, 0.25) is 0 Å². The fourth-order valence-electron chi connectivity index (χ4n) is 1.75. The lowest BCUT2D eigenvalue weighted by Crippen LogP contribution is -2.02. The quantitative estimate of drug-likeness (QED) is 0.895. The number of benzene rings is 1. The number of nitrogens with one attached hydrogen (secondary N) is 1. The van der Waals surface area contributed by atoms with Gasteiger partial charge in [0.25, 0.3) is 0 Å². The standard InChI is InChI=1S/C14H15BrClN3/c1-4-11-12(15)14(17-3)19-13(18-11)9-6-5-8(2)10(16)7-9/h5-7H,4H2,1-3H3,(H,17,18,19). The highest BCUT2D eigenvalue weighted by Gasteiger charge is 2.12. The molecule has 0 fully saturated rings. The van der Waals surface area contributed by atoms with Crippen LogP contribution in [-0.2, 0) is 6.42 Å². The van der Waals surface area contributed by atoms with Crippen LogP contribution in [0, 0.1) is 6.92 Å². The molecule has 1 heterocycles. The molecule has 0 atom stereocenters. The predicted octanol–water partition coefficient (Wildman–Crippen LogP) is 4.47. The average Bonchev–Trinajstić information content (AvgIpc) is 2.42. The van der Waals surface area contributed by atoms with Crippen LogP contribution >= 0.6 is 27.5 Å². The van der Waals surface area contributed by atoms with Gasteiger partial charge in [-0.1, -0.05) is 30.7 Å². The normalized spacial score (nSPS) is 10.6. The summed E-state index contributed by atoms with van der Waals surface area (Å²) >= 11 is 9.68. The Morgan fingerprint density at radius 2 is 2.05 bits per heavy atom. The molecule has 3 nitrogen and oxygen atoms in total. The van der Waals surface area contributed by atoms with Crippen LogP contribution in [0.15, 0.2) is 22.7 Å². The van der Waals surface area contributed by atoms with Crippen molar-refractivity contribution in [1.82, 2.24) is 9.97 Å². The summed E-state index contributed by atoms with van der Waals surface area (Å²) in [5.41, 5.74) is 2.95. The fourth-order valence-corrected chi connectivity index (χ4v) is 2.59. The maximum atomic E-state index is 6.16. The molecule has 0 saturated carbocycles. The maximum absolute atomic E-state index is 6.16. The third kappa shape index (κ3) is 2.90. The third-order valence-electron chi connectivity index (χ3n) is 2.92. The Bertz CT molecular complexity index is 589. The summed E-state index contributed by atoms with van der Waals surface area (Å²) in [5.74, 6) is 1.48. The van der Waals surface area contributed by atoms with E-state index in [-0.39, 0.29) is 0 Å². The zero-order valence-corrected chi connectivity index (χ0v) is 13.4. The maximum Gasteiger partial charge on any atom is 0.161 e. The SMILES string of the molecule is CCc1nc(-c2ccc(C)c(Cl)c2)nc(NC)c1Br. The van der Waals surface area contributed by atoms with Gasteiger partial charge in [0, 0.05) is 17.6 Å². The van der Waals surface area contributed by atoms with E-state index in [0.29, 0.717) is 5.82 Å². The summed E-state index contributed by atoms with van der Waals surface area (Å²) in [6, 6.07) is 5.87. The van der Waals surface area contributed by atoms with Gasteiger partial charge in [0.1, 0.15) is 5.82 Å². The molecule has 0 saturated heterocycles. The lowest BCUT2D eigenvalue weighted by atomic mass is 10.1. The largest absolute Gasteiger partial charge is 0.372 e. The Balaban J connectivity index is 2.58. The van der Waals surface area contributed by atoms with Gasteiger partial charge in [-0.2, -0.15) is 0 Å². The summed E-state index contributed by atoms with van der Waals surface area (Å²) in [6.45, 7) is 4.05. The van der Waals surface area contributed by atoms with E-state index < -0.39 is 0 Å². The van der Waals surface area contributed by atoms with Crippen molar-refractivity contribution < 1.29 is 0 Å². The summed E-state index contributed by atoms with van der Waals surface area (Å²) in [6.07, 6.45) is 0.838. The zero-order chi connectivity index (χ0) is 14.0. The van der Waals surface area contributed by atoms with Gasteiger partial charge in [-0.25, -0.2) is 9.97 Å². The van der Waals surface area contributed by atoms with Crippen LogP contribution in [0.2, 0.25) is 5.02 Å². The molecule has 0 aliphatic heterocycles. The van der Waals surface area contributed by atoms with Crippen molar-refractivity contribution in [2.45, 2.75) is 20.3 Å². The smallest absolute Gasteiger partial charge is 0.161 e. The summed E-state index contributed by atoms with van der Waals surface area (Å²) < 4.78 is 0.916. The number of rotatable bonds is 3. The molecule has 5 heteroatoms. The van der Waals surface area contributed by atoms with E-state index in [0.717, 1.165) is 38.6 Å². The van der Waals surface area contributed by atoms with Crippen molar-refractivity contribution in [1.29, 1.82) is 0 Å². The molecule has 100 valence electrons. The monoisotopic (exact) mass is 339 g/mol. The highest BCUT2D eigenvalue weighted by atomic mass is 79.9. The molecule has 0 bridgehead atoms. The number of anilines is 1. The summed E-state index contributed by atoms with van der Waals surface area (Å²) in [4.78, 5) is 9.10. The van der Waals surface area contributed by atoms with Gasteiger partial charge in [0.15, 0.2) is 5.82 Å². The van der Waals surface area contributed by atoms with E-state index in [4.69, 9.17) is 11.6 Å². The first-order chi connectivity index (χ1) is 9.06. The van der Waals surface area contributed by atoms with E-state index in [1.807, 2.05) is 32.2 Å². The molecule has 0 amide bonds. The van der Waals surface area contributed by atoms with E-state index in [2.05, 4.69) is 38.1 Å². The van der Waals surface area contributed by atoms with Crippen LogP contribution in [0.3, 0.4) is 0 Å². The second-order valence-corrected chi connectivity index (χ2v) is 5.42. The van der Waals surface area contributed by atoms with Crippen LogP contribution in [0.1, 0.15) is 18.2 Å². The van der Waals surface area contributed by atoms with Crippen LogP contribution in [0.5, 0.6) is 0 Å². The highest BCUT2D eigenvalue weighted by Crippen LogP contribution is 2.29. The first-order valence-electron chi connectivity index (χ1n) is 6.07. The van der Waals surface area contributed by atoms with Gasteiger partial charge in [-0.3, -0.25) is 0 Å². The molecule has 1 aromatic heterocycles. The second kappa shape index (κ2) is 5.88. The molecule has 0 aliphatic rings. The molecular weight excluding hydrogens is 326 g/mol. The molecule has 19 heavy (non-hydrogen) atoms. The van der Waals surface area contributed by atoms with E-state index in [9.17, 15) is 0 Å². The number of hydrogen-bond donors (Lipinski definition) is 1. The van der Waals surface area contributed by atoms with Crippen LogP contribution in [-0.4, -0.2) is 17.0 Å². The summed E-state index contributed by atoms with van der Waals surface area (Å²) in [7, 11) is 1.85. The number of hydrogen-bond acceptors (Lipinski definition) is 3. The minimum atomic E-state index is 0.686. The predicted molar refractivity (Wildman–Crippen MR) is 83.8 cm³/mol. The van der Waals surface area contributed by atoms with Gasteiger partial charge >= 0.3 is 0 Å². The van der Waals surface area contributed by atoms with Crippen molar-refractivity contribution in [2.75, 3.05) is 12.4 Å². The van der Waals surface area contributed by atoms with Crippen molar-refractivity contribution in [3.63, 3.8) is 0 Å². The topological polar surface area (TPSA) is 37.8 Å². The summed E-state index contributed by atoms with van der Waals surface area (Å²) in [5, 5.41) is 3.80. The van der Waals surface area contributed by atoms with Crippen molar-refractivity contribution >= 4 is 33.3 Å². The molecule has 1 N–H and O–H groups in total. The molecule has 0 aliphatic carbocycles. The third-order valence-corrected chi connectivity index (χ3v) is 4.16. The highest BCUT2D eigenvalue weighted by molar-refractivity contribution is 9.10. The number of nitrogens with zero attached hydrogens (tertiary/aromatic N) is 2. The number of aryl methyl sites for hydroxylation is 2. The van der Waals surface area contributed by atoms with Crippen molar-refractivity contribution in [3.05, 3.63) is 39.0 Å². The van der Waals surface area contributed by atoms with Gasteiger partial charge in [-0.15, -0.1) is 0 Å². The van der Waals surface area contributed by atoms with E-state index >= 15 is 0 Å². The first kappa shape index (κ1) is 14.3. The second-order valence-electron chi connectivity index (χ2n) is 4.22. The van der Waals surface area contributed by atoms with E-state index in [1.54, 1.807) is 0 Å². The molecule has 0 unspecified atom stereocenters. The van der Waals surface area contributed by atoms with Crippen LogP contribution in [0.25, 0.3) is 11.4 Å². The number of aromatic nitrogens is 2. The van der Waals surface area contributed by atoms with Gasteiger partial charge in [-0.05, 0) is 40.9 Å². The molecular formula is C14H15BrClN3. The van der Waals surface area contributed by atoms with E-state index in [1.165, 1.54) is 0 Å². The van der Waals surface area contributed by atoms with Crippen LogP contribution in [0.4, 0.5) is 5.82 Å². The van der Waals surface area contributed by atoms with Crippen molar-refractivity contribution in [3.8, 4) is 11.4 Å². The minimum absolute atomic E-state index is 0.686. The molecule has 2 rings (SSSR count). The van der Waals surface area contributed by atoms with Crippen LogP contribution < -0.4 is 5.32 Å². The molecule has 0 radical (unpaired) electrons.